The molecule has 1 aromatic rings. The van der Waals surface area contributed by atoms with Crippen LogP contribution in [0.1, 0.15) is 12.0 Å². The third kappa shape index (κ3) is 6.22. The Morgan fingerprint density at radius 3 is 2.67 bits per heavy atom. The highest BCUT2D eigenvalue weighted by Gasteiger charge is 2.33. The van der Waals surface area contributed by atoms with E-state index >= 15 is 0 Å². The van der Waals surface area contributed by atoms with E-state index in [1.807, 2.05) is 0 Å². The molecular weight excluding hydrogens is 309 g/mol. The summed E-state index contributed by atoms with van der Waals surface area (Å²) in [4.78, 5) is 11.4. The lowest BCUT2D eigenvalue weighted by Gasteiger charge is -2.12. The normalized spacial score (nSPS) is 11.3. The van der Waals surface area contributed by atoms with Crippen molar-refractivity contribution in [3.05, 3.63) is 28.8 Å². The molecule has 0 aliphatic carbocycles. The second-order valence-corrected chi connectivity index (χ2v) is 4.62. The number of carbonyl (C=O) groups is 1. The largest absolute Gasteiger partial charge is 0.417 e. The number of rotatable bonds is 7. The second kappa shape index (κ2) is 8.09. The lowest BCUT2D eigenvalue weighted by Crippen LogP contribution is -2.28. The Labute approximate surface area is 125 Å². The Hall–Kier alpha value is -1.47. The van der Waals surface area contributed by atoms with Gasteiger partial charge in [0.05, 0.1) is 17.2 Å². The molecule has 0 atom stereocenters. The fourth-order valence-electron chi connectivity index (χ4n) is 1.55. The predicted octanol–water partition coefficient (Wildman–Crippen LogP) is 2.92. The van der Waals surface area contributed by atoms with Gasteiger partial charge >= 0.3 is 6.18 Å². The average molecular weight is 325 g/mol. The number of amides is 1. The average Bonchev–Trinajstić information content (AvgIpc) is 2.39. The topological polar surface area (TPSA) is 50.4 Å². The summed E-state index contributed by atoms with van der Waals surface area (Å²) in [5.41, 5.74) is -0.643. The van der Waals surface area contributed by atoms with Crippen molar-refractivity contribution in [1.29, 1.82) is 0 Å². The van der Waals surface area contributed by atoms with Crippen LogP contribution in [0.15, 0.2) is 18.2 Å². The molecule has 1 amide bonds. The molecular formula is C13H16ClF3N2O2. The summed E-state index contributed by atoms with van der Waals surface area (Å²) >= 11 is 5.51. The molecule has 0 spiro atoms. The van der Waals surface area contributed by atoms with E-state index < -0.39 is 11.7 Å². The van der Waals surface area contributed by atoms with Crippen molar-refractivity contribution in [2.24, 2.45) is 0 Å². The zero-order valence-electron chi connectivity index (χ0n) is 11.4. The van der Waals surface area contributed by atoms with Crippen molar-refractivity contribution in [2.75, 3.05) is 32.1 Å². The first-order chi connectivity index (χ1) is 9.84. The molecule has 0 fully saturated rings. The highest BCUT2D eigenvalue weighted by molar-refractivity contribution is 6.31. The van der Waals surface area contributed by atoms with Crippen molar-refractivity contribution >= 4 is 23.2 Å². The van der Waals surface area contributed by atoms with Gasteiger partial charge in [0.1, 0.15) is 0 Å². The number of halogens is 4. The van der Waals surface area contributed by atoms with Crippen molar-refractivity contribution in [3.63, 3.8) is 0 Å². The van der Waals surface area contributed by atoms with Gasteiger partial charge in [-0.25, -0.2) is 0 Å². The van der Waals surface area contributed by atoms with Gasteiger partial charge in [0, 0.05) is 32.3 Å². The molecule has 0 aromatic heterocycles. The molecule has 0 saturated carbocycles. The van der Waals surface area contributed by atoms with E-state index in [2.05, 4.69) is 10.6 Å². The molecule has 0 aliphatic rings. The molecule has 118 valence electrons. The molecule has 0 bridgehead atoms. The summed E-state index contributed by atoms with van der Waals surface area (Å²) in [7, 11) is 1.52. The van der Waals surface area contributed by atoms with Crippen molar-refractivity contribution in [3.8, 4) is 0 Å². The minimum absolute atomic E-state index is 0.147. The highest BCUT2D eigenvalue weighted by atomic mass is 35.5. The summed E-state index contributed by atoms with van der Waals surface area (Å²) in [6, 6.07) is 3.52. The Kier molecular flexibility index (Phi) is 6.77. The van der Waals surface area contributed by atoms with Crippen LogP contribution in [0.25, 0.3) is 0 Å². The predicted molar refractivity (Wildman–Crippen MR) is 74.4 cm³/mol. The maximum absolute atomic E-state index is 12.7. The molecule has 0 heterocycles. The van der Waals surface area contributed by atoms with Gasteiger partial charge in [-0.15, -0.1) is 0 Å². The lowest BCUT2D eigenvalue weighted by atomic mass is 10.2. The van der Waals surface area contributed by atoms with Crippen LogP contribution in [-0.2, 0) is 15.7 Å². The van der Waals surface area contributed by atoms with E-state index in [9.17, 15) is 18.0 Å². The van der Waals surface area contributed by atoms with Gasteiger partial charge in [-0.3, -0.25) is 4.79 Å². The monoisotopic (exact) mass is 324 g/mol. The van der Waals surface area contributed by atoms with Crippen molar-refractivity contribution < 1.29 is 22.7 Å². The summed E-state index contributed by atoms with van der Waals surface area (Å²) < 4.78 is 42.8. The molecule has 0 radical (unpaired) electrons. The Bertz CT molecular complexity index is 481. The van der Waals surface area contributed by atoms with E-state index in [0.29, 0.717) is 13.2 Å². The first-order valence-corrected chi connectivity index (χ1v) is 6.58. The van der Waals surface area contributed by atoms with E-state index in [1.165, 1.54) is 19.2 Å². The molecule has 8 heteroatoms. The number of ether oxygens (including phenoxy) is 1. The Morgan fingerprint density at radius 2 is 2.05 bits per heavy atom. The number of alkyl halides is 3. The van der Waals surface area contributed by atoms with Gasteiger partial charge in [-0.05, 0) is 18.2 Å². The summed E-state index contributed by atoms with van der Waals surface area (Å²) in [5.74, 6) is -0.204. The Morgan fingerprint density at radius 1 is 1.33 bits per heavy atom. The molecule has 0 unspecified atom stereocenters. The van der Waals surface area contributed by atoms with E-state index in [1.54, 1.807) is 0 Å². The van der Waals surface area contributed by atoms with Crippen molar-refractivity contribution in [2.45, 2.75) is 12.6 Å². The third-order valence-electron chi connectivity index (χ3n) is 2.58. The zero-order valence-corrected chi connectivity index (χ0v) is 12.1. The van der Waals surface area contributed by atoms with E-state index in [-0.39, 0.29) is 29.6 Å². The standard InChI is InChI=1S/C13H16ClF3N2O2/c1-21-7-6-19-12(20)4-5-18-9-2-3-11(14)10(8-9)13(15,16)17/h2-3,8,18H,4-7H2,1H3,(H,19,20). The molecule has 1 aromatic carbocycles. The fraction of sp³-hybridized carbons (Fsp3) is 0.462. The number of methoxy groups -OCH3 is 1. The first-order valence-electron chi connectivity index (χ1n) is 6.21. The van der Waals surface area contributed by atoms with Gasteiger partial charge in [0.25, 0.3) is 0 Å². The van der Waals surface area contributed by atoms with Crippen LogP contribution in [0.5, 0.6) is 0 Å². The molecule has 0 saturated heterocycles. The maximum atomic E-state index is 12.7. The number of hydrogen-bond donors (Lipinski definition) is 2. The molecule has 0 aliphatic heterocycles. The summed E-state index contributed by atoms with van der Waals surface area (Å²) in [5, 5.41) is 5.01. The number of carbonyl (C=O) groups excluding carboxylic acids is 1. The van der Waals surface area contributed by atoms with Crippen LogP contribution in [0, 0.1) is 0 Å². The molecule has 2 N–H and O–H groups in total. The summed E-state index contributed by atoms with van der Waals surface area (Å²) in [6.07, 6.45) is -4.36. The van der Waals surface area contributed by atoms with Crippen LogP contribution in [-0.4, -0.2) is 32.7 Å². The van der Waals surface area contributed by atoms with E-state index in [4.69, 9.17) is 16.3 Å². The minimum Gasteiger partial charge on any atom is -0.385 e. The second-order valence-electron chi connectivity index (χ2n) is 4.21. The first kappa shape index (κ1) is 17.6. The van der Waals surface area contributed by atoms with Crippen LogP contribution >= 0.6 is 11.6 Å². The number of benzene rings is 1. The van der Waals surface area contributed by atoms with Gasteiger partial charge in [-0.1, -0.05) is 11.6 Å². The molecule has 4 nitrogen and oxygen atoms in total. The highest BCUT2D eigenvalue weighted by Crippen LogP contribution is 2.36. The van der Waals surface area contributed by atoms with Crippen LogP contribution in [0.3, 0.4) is 0 Å². The Balaban J connectivity index is 2.48. The molecule has 21 heavy (non-hydrogen) atoms. The van der Waals surface area contributed by atoms with Crippen molar-refractivity contribution in [1.82, 2.24) is 5.32 Å². The fourth-order valence-corrected chi connectivity index (χ4v) is 1.78. The van der Waals surface area contributed by atoms with Gasteiger partial charge in [0.2, 0.25) is 5.91 Å². The maximum Gasteiger partial charge on any atom is 0.417 e. The van der Waals surface area contributed by atoms with Crippen LogP contribution < -0.4 is 10.6 Å². The SMILES string of the molecule is COCCNC(=O)CCNc1ccc(Cl)c(C(F)(F)F)c1. The molecule has 1 rings (SSSR count). The van der Waals surface area contributed by atoms with Crippen LogP contribution in [0.4, 0.5) is 18.9 Å². The van der Waals surface area contributed by atoms with E-state index in [0.717, 1.165) is 6.07 Å². The van der Waals surface area contributed by atoms with Gasteiger partial charge in [-0.2, -0.15) is 13.2 Å². The van der Waals surface area contributed by atoms with Crippen LogP contribution in [0.2, 0.25) is 5.02 Å². The smallest absolute Gasteiger partial charge is 0.385 e. The van der Waals surface area contributed by atoms with Gasteiger partial charge < -0.3 is 15.4 Å². The quantitative estimate of drug-likeness (QED) is 0.758. The minimum atomic E-state index is -4.51. The number of hydrogen-bond acceptors (Lipinski definition) is 3. The number of nitrogens with one attached hydrogen (secondary N) is 2. The third-order valence-corrected chi connectivity index (χ3v) is 2.91. The zero-order chi connectivity index (χ0) is 15.9. The van der Waals surface area contributed by atoms with Gasteiger partial charge in [0.15, 0.2) is 0 Å². The number of anilines is 1. The lowest BCUT2D eigenvalue weighted by molar-refractivity contribution is -0.137. The summed E-state index contributed by atoms with van der Waals surface area (Å²) in [6.45, 7) is 1.03.